The van der Waals surface area contributed by atoms with Gasteiger partial charge in [-0.15, -0.1) is 0 Å². The average Bonchev–Trinajstić information content (AvgIpc) is 2.40. The summed E-state index contributed by atoms with van der Waals surface area (Å²) in [5.41, 5.74) is 0.963. The van der Waals surface area contributed by atoms with Crippen molar-refractivity contribution in [3.05, 3.63) is 11.6 Å². The molecule has 0 radical (unpaired) electrons. The van der Waals surface area contributed by atoms with Crippen molar-refractivity contribution in [3.8, 4) is 0 Å². The maximum atomic E-state index is 12.1. The van der Waals surface area contributed by atoms with Gasteiger partial charge in [0.1, 0.15) is 0 Å². The van der Waals surface area contributed by atoms with E-state index in [-0.39, 0.29) is 5.91 Å². The molecule has 0 saturated carbocycles. The Morgan fingerprint density at radius 3 is 2.78 bits per heavy atom. The lowest BCUT2D eigenvalue weighted by molar-refractivity contribution is -0.118. The Morgan fingerprint density at radius 2 is 2.17 bits per heavy atom. The van der Waals surface area contributed by atoms with Gasteiger partial charge in [0, 0.05) is 18.2 Å². The SMILES string of the molecule is CCCCCC(CCC)NC(=O)C1=CCNCC1. The third-order valence-corrected chi connectivity index (χ3v) is 3.48. The van der Waals surface area contributed by atoms with Crippen LogP contribution in [0.3, 0.4) is 0 Å². The number of nitrogens with one attached hydrogen (secondary N) is 2. The van der Waals surface area contributed by atoms with Gasteiger partial charge >= 0.3 is 0 Å². The Balaban J connectivity index is 2.38. The van der Waals surface area contributed by atoms with Crippen molar-refractivity contribution >= 4 is 5.91 Å². The summed E-state index contributed by atoms with van der Waals surface area (Å²) in [7, 11) is 0. The second-order valence-corrected chi connectivity index (χ2v) is 5.14. The number of carbonyl (C=O) groups is 1. The molecule has 0 aromatic carbocycles. The van der Waals surface area contributed by atoms with Gasteiger partial charge in [-0.1, -0.05) is 45.6 Å². The van der Waals surface area contributed by atoms with Gasteiger partial charge in [-0.2, -0.15) is 0 Å². The molecule has 0 bridgehead atoms. The highest BCUT2D eigenvalue weighted by molar-refractivity contribution is 5.93. The molecule has 2 N–H and O–H groups in total. The Hall–Kier alpha value is -0.830. The summed E-state index contributed by atoms with van der Waals surface area (Å²) < 4.78 is 0. The first-order valence-electron chi connectivity index (χ1n) is 7.48. The van der Waals surface area contributed by atoms with Gasteiger partial charge in [0.25, 0.3) is 0 Å². The number of rotatable bonds is 8. The van der Waals surface area contributed by atoms with Crippen molar-refractivity contribution in [2.24, 2.45) is 0 Å². The molecule has 1 heterocycles. The summed E-state index contributed by atoms with van der Waals surface area (Å²) >= 11 is 0. The fourth-order valence-corrected chi connectivity index (χ4v) is 2.38. The first-order valence-corrected chi connectivity index (χ1v) is 7.48. The van der Waals surface area contributed by atoms with Gasteiger partial charge in [0.05, 0.1) is 0 Å². The molecule has 1 rings (SSSR count). The topological polar surface area (TPSA) is 41.1 Å². The number of hydrogen-bond donors (Lipinski definition) is 2. The molecule has 0 aromatic heterocycles. The van der Waals surface area contributed by atoms with Crippen molar-refractivity contribution < 1.29 is 4.79 Å². The first-order chi connectivity index (χ1) is 8.77. The molecule has 0 aliphatic carbocycles. The van der Waals surface area contributed by atoms with Crippen molar-refractivity contribution in [1.29, 1.82) is 0 Å². The van der Waals surface area contributed by atoms with E-state index in [0.29, 0.717) is 6.04 Å². The number of amides is 1. The van der Waals surface area contributed by atoms with Crippen molar-refractivity contribution in [2.45, 2.75) is 64.8 Å². The molecule has 0 spiro atoms. The van der Waals surface area contributed by atoms with Crippen LogP contribution >= 0.6 is 0 Å². The number of hydrogen-bond acceptors (Lipinski definition) is 2. The quantitative estimate of drug-likeness (QED) is 0.652. The van der Waals surface area contributed by atoms with Gasteiger partial charge < -0.3 is 10.6 Å². The molecule has 1 amide bonds. The van der Waals surface area contributed by atoms with Crippen LogP contribution < -0.4 is 10.6 Å². The predicted octanol–water partition coefficient (Wildman–Crippen LogP) is 2.77. The molecular weight excluding hydrogens is 224 g/mol. The fraction of sp³-hybridized carbons (Fsp3) is 0.800. The molecule has 3 heteroatoms. The van der Waals surface area contributed by atoms with Gasteiger partial charge in [-0.05, 0) is 25.8 Å². The highest BCUT2D eigenvalue weighted by Crippen LogP contribution is 2.11. The van der Waals surface area contributed by atoms with E-state index in [1.54, 1.807) is 0 Å². The smallest absolute Gasteiger partial charge is 0.247 e. The van der Waals surface area contributed by atoms with Crippen molar-refractivity contribution in [1.82, 2.24) is 10.6 Å². The zero-order chi connectivity index (χ0) is 13.2. The molecule has 0 fully saturated rings. The second-order valence-electron chi connectivity index (χ2n) is 5.14. The van der Waals surface area contributed by atoms with Crippen LogP contribution in [0.1, 0.15) is 58.8 Å². The molecule has 1 aliphatic heterocycles. The van der Waals surface area contributed by atoms with Gasteiger partial charge in [0.2, 0.25) is 5.91 Å². The Labute approximate surface area is 111 Å². The normalized spacial score (nSPS) is 17.1. The van der Waals surface area contributed by atoms with Crippen LogP contribution in [0.25, 0.3) is 0 Å². The molecule has 1 aliphatic rings. The summed E-state index contributed by atoms with van der Waals surface area (Å²) in [6.07, 6.45) is 9.97. The second kappa shape index (κ2) is 9.15. The Kier molecular flexibility index (Phi) is 7.74. The minimum atomic E-state index is 0.159. The van der Waals surface area contributed by atoms with E-state index in [4.69, 9.17) is 0 Å². The lowest BCUT2D eigenvalue weighted by atomic mass is 10.0. The summed E-state index contributed by atoms with van der Waals surface area (Å²) in [6, 6.07) is 0.366. The van der Waals surface area contributed by atoms with Crippen molar-refractivity contribution in [3.63, 3.8) is 0 Å². The minimum absolute atomic E-state index is 0.159. The molecule has 104 valence electrons. The molecule has 1 unspecified atom stereocenters. The third-order valence-electron chi connectivity index (χ3n) is 3.48. The predicted molar refractivity (Wildman–Crippen MR) is 76.6 cm³/mol. The summed E-state index contributed by atoms with van der Waals surface area (Å²) in [5.74, 6) is 0.159. The molecule has 0 saturated heterocycles. The Morgan fingerprint density at radius 1 is 1.33 bits per heavy atom. The molecule has 1 atom stereocenters. The standard InChI is InChI=1S/C15H28N2O/c1-3-5-6-8-14(7-4-2)17-15(18)13-9-11-16-12-10-13/h9,14,16H,3-8,10-12H2,1-2H3,(H,17,18). The van der Waals surface area contributed by atoms with E-state index in [1.165, 1.54) is 19.3 Å². The van der Waals surface area contributed by atoms with E-state index in [0.717, 1.165) is 44.3 Å². The Bertz CT molecular complexity index is 274. The number of carbonyl (C=O) groups excluding carboxylic acids is 1. The molecule has 0 aromatic rings. The summed E-state index contributed by atoms with van der Waals surface area (Å²) in [5, 5.41) is 6.45. The summed E-state index contributed by atoms with van der Waals surface area (Å²) in [6.45, 7) is 6.15. The maximum absolute atomic E-state index is 12.1. The average molecular weight is 252 g/mol. The zero-order valence-corrected chi connectivity index (χ0v) is 11.9. The zero-order valence-electron chi connectivity index (χ0n) is 11.9. The molecular formula is C15H28N2O. The minimum Gasteiger partial charge on any atom is -0.350 e. The monoisotopic (exact) mass is 252 g/mol. The van der Waals surface area contributed by atoms with Crippen LogP contribution in [-0.2, 0) is 4.79 Å². The van der Waals surface area contributed by atoms with Crippen LogP contribution in [0, 0.1) is 0 Å². The number of unbranched alkanes of at least 4 members (excludes halogenated alkanes) is 2. The van der Waals surface area contributed by atoms with E-state index >= 15 is 0 Å². The maximum Gasteiger partial charge on any atom is 0.247 e. The van der Waals surface area contributed by atoms with Gasteiger partial charge in [-0.25, -0.2) is 0 Å². The highest BCUT2D eigenvalue weighted by Gasteiger charge is 2.16. The molecule has 18 heavy (non-hydrogen) atoms. The van der Waals surface area contributed by atoms with E-state index in [9.17, 15) is 4.79 Å². The van der Waals surface area contributed by atoms with E-state index in [2.05, 4.69) is 24.5 Å². The van der Waals surface area contributed by atoms with E-state index < -0.39 is 0 Å². The van der Waals surface area contributed by atoms with Crippen LogP contribution in [0.2, 0.25) is 0 Å². The lowest BCUT2D eigenvalue weighted by Gasteiger charge is -2.20. The third kappa shape index (κ3) is 5.67. The van der Waals surface area contributed by atoms with Crippen molar-refractivity contribution in [2.75, 3.05) is 13.1 Å². The van der Waals surface area contributed by atoms with Gasteiger partial charge in [0.15, 0.2) is 0 Å². The lowest BCUT2D eigenvalue weighted by Crippen LogP contribution is -2.37. The molecule has 3 nitrogen and oxygen atoms in total. The van der Waals surface area contributed by atoms with Crippen LogP contribution in [0.4, 0.5) is 0 Å². The fourth-order valence-electron chi connectivity index (χ4n) is 2.38. The van der Waals surface area contributed by atoms with Crippen LogP contribution in [0.5, 0.6) is 0 Å². The van der Waals surface area contributed by atoms with Gasteiger partial charge in [-0.3, -0.25) is 4.79 Å². The largest absolute Gasteiger partial charge is 0.350 e. The highest BCUT2D eigenvalue weighted by atomic mass is 16.1. The first kappa shape index (κ1) is 15.2. The van der Waals surface area contributed by atoms with Crippen LogP contribution in [-0.4, -0.2) is 25.0 Å². The van der Waals surface area contributed by atoms with Crippen LogP contribution in [0.15, 0.2) is 11.6 Å². The van der Waals surface area contributed by atoms with E-state index in [1.807, 2.05) is 6.08 Å². The summed E-state index contributed by atoms with van der Waals surface area (Å²) in [4.78, 5) is 12.1.